The predicted octanol–water partition coefficient (Wildman–Crippen LogP) is 2.76. The van der Waals surface area contributed by atoms with E-state index in [2.05, 4.69) is 5.32 Å². The number of hydrogen-bond acceptors (Lipinski definition) is 3. The van der Waals surface area contributed by atoms with E-state index < -0.39 is 17.5 Å². The first-order valence-corrected chi connectivity index (χ1v) is 5.35. The van der Waals surface area contributed by atoms with Crippen LogP contribution in [0.25, 0.3) is 0 Å². The quantitative estimate of drug-likeness (QED) is 0.875. The molecule has 0 saturated carbocycles. The molecule has 3 N–H and O–H groups in total. The standard InChI is InChI=1S/C11H14ClFN2O2/c1-11(2,17-10(14)16)6-15-9-5-7(13)3-4-8(9)12/h3-5,15H,6H2,1-2H3,(H2,14,16). The van der Waals surface area contributed by atoms with Crippen LogP contribution in [0.1, 0.15) is 13.8 Å². The lowest BCUT2D eigenvalue weighted by Gasteiger charge is -2.25. The SMILES string of the molecule is CC(C)(CNc1cc(F)ccc1Cl)OC(N)=O. The molecule has 0 radical (unpaired) electrons. The summed E-state index contributed by atoms with van der Waals surface area (Å²) < 4.78 is 17.8. The molecule has 0 spiro atoms. The predicted molar refractivity (Wildman–Crippen MR) is 64.6 cm³/mol. The maximum atomic E-state index is 13.0. The Kier molecular flexibility index (Phi) is 4.17. The Morgan fingerprint density at radius 2 is 2.24 bits per heavy atom. The summed E-state index contributed by atoms with van der Waals surface area (Å²) >= 11 is 5.87. The number of primary amides is 1. The Morgan fingerprint density at radius 3 is 2.82 bits per heavy atom. The third kappa shape index (κ3) is 4.48. The van der Waals surface area contributed by atoms with Gasteiger partial charge in [0.15, 0.2) is 0 Å². The van der Waals surface area contributed by atoms with Gasteiger partial charge in [-0.05, 0) is 32.0 Å². The molecule has 0 fully saturated rings. The molecule has 0 aliphatic heterocycles. The van der Waals surface area contributed by atoms with Gasteiger partial charge in [-0.2, -0.15) is 0 Å². The first kappa shape index (κ1) is 13.6. The van der Waals surface area contributed by atoms with E-state index in [4.69, 9.17) is 22.1 Å². The van der Waals surface area contributed by atoms with Crippen molar-refractivity contribution in [3.63, 3.8) is 0 Å². The van der Waals surface area contributed by atoms with E-state index in [1.54, 1.807) is 13.8 Å². The summed E-state index contributed by atoms with van der Waals surface area (Å²) in [4.78, 5) is 10.6. The summed E-state index contributed by atoms with van der Waals surface area (Å²) in [6.07, 6.45) is -0.859. The second-order valence-corrected chi connectivity index (χ2v) is 4.57. The zero-order chi connectivity index (χ0) is 13.1. The first-order chi connectivity index (χ1) is 7.80. The monoisotopic (exact) mass is 260 g/mol. The van der Waals surface area contributed by atoms with Crippen molar-refractivity contribution in [3.8, 4) is 0 Å². The minimum Gasteiger partial charge on any atom is -0.442 e. The average Bonchev–Trinajstić information content (AvgIpc) is 2.17. The number of nitrogens with one attached hydrogen (secondary N) is 1. The van der Waals surface area contributed by atoms with Gasteiger partial charge in [-0.1, -0.05) is 11.6 Å². The van der Waals surface area contributed by atoms with E-state index in [1.165, 1.54) is 18.2 Å². The van der Waals surface area contributed by atoms with E-state index >= 15 is 0 Å². The molecule has 0 saturated heterocycles. The number of carbonyl (C=O) groups excluding carboxylic acids is 1. The summed E-state index contributed by atoms with van der Waals surface area (Å²) in [6.45, 7) is 3.62. The van der Waals surface area contributed by atoms with Crippen molar-refractivity contribution in [2.24, 2.45) is 5.73 Å². The summed E-state index contributed by atoms with van der Waals surface area (Å²) in [5, 5.41) is 3.28. The molecule has 0 bridgehead atoms. The molecule has 1 rings (SSSR count). The molecule has 0 unspecified atom stereocenters. The zero-order valence-electron chi connectivity index (χ0n) is 9.59. The number of anilines is 1. The third-order valence-corrected chi connectivity index (χ3v) is 2.34. The average molecular weight is 261 g/mol. The number of ether oxygens (including phenoxy) is 1. The molecule has 1 aromatic rings. The fraction of sp³-hybridized carbons (Fsp3) is 0.364. The fourth-order valence-electron chi connectivity index (χ4n) is 1.25. The maximum absolute atomic E-state index is 13.0. The van der Waals surface area contributed by atoms with Crippen LogP contribution in [-0.4, -0.2) is 18.2 Å². The highest BCUT2D eigenvalue weighted by molar-refractivity contribution is 6.33. The number of benzene rings is 1. The number of hydrogen-bond donors (Lipinski definition) is 2. The molecule has 4 nitrogen and oxygen atoms in total. The van der Waals surface area contributed by atoms with Crippen LogP contribution in [0.4, 0.5) is 14.9 Å². The highest BCUT2D eigenvalue weighted by atomic mass is 35.5. The van der Waals surface area contributed by atoms with Crippen LogP contribution < -0.4 is 11.1 Å². The Morgan fingerprint density at radius 1 is 1.59 bits per heavy atom. The van der Waals surface area contributed by atoms with Crippen LogP contribution >= 0.6 is 11.6 Å². The first-order valence-electron chi connectivity index (χ1n) is 4.97. The topological polar surface area (TPSA) is 64.3 Å². The van der Waals surface area contributed by atoms with Gasteiger partial charge >= 0.3 is 6.09 Å². The van der Waals surface area contributed by atoms with Gasteiger partial charge < -0.3 is 15.8 Å². The lowest BCUT2D eigenvalue weighted by Crippen LogP contribution is -2.37. The lowest BCUT2D eigenvalue weighted by molar-refractivity contribution is 0.0554. The zero-order valence-corrected chi connectivity index (χ0v) is 10.3. The van der Waals surface area contributed by atoms with Crippen LogP contribution in [0.3, 0.4) is 0 Å². The van der Waals surface area contributed by atoms with E-state index in [9.17, 15) is 9.18 Å². The third-order valence-electron chi connectivity index (χ3n) is 2.01. The summed E-state index contributed by atoms with van der Waals surface area (Å²) in [5.41, 5.74) is 4.56. The van der Waals surface area contributed by atoms with Crippen molar-refractivity contribution >= 4 is 23.4 Å². The molecule has 94 valence electrons. The molecule has 0 aromatic heterocycles. The summed E-state index contributed by atoms with van der Waals surface area (Å²) in [7, 11) is 0. The number of amides is 1. The summed E-state index contributed by atoms with van der Waals surface area (Å²) in [6, 6.07) is 3.97. The van der Waals surface area contributed by atoms with Crippen molar-refractivity contribution in [3.05, 3.63) is 29.0 Å². The van der Waals surface area contributed by atoms with Gasteiger partial charge in [0, 0.05) is 0 Å². The molecular formula is C11H14ClFN2O2. The number of nitrogens with two attached hydrogens (primary N) is 1. The number of rotatable bonds is 4. The van der Waals surface area contributed by atoms with E-state index in [0.29, 0.717) is 10.7 Å². The van der Waals surface area contributed by atoms with E-state index in [1.807, 2.05) is 0 Å². The maximum Gasteiger partial charge on any atom is 0.405 e. The molecular weight excluding hydrogens is 247 g/mol. The normalized spacial score (nSPS) is 11.1. The molecule has 1 aromatic carbocycles. The summed E-state index contributed by atoms with van der Waals surface area (Å²) in [5.74, 6) is -0.398. The largest absolute Gasteiger partial charge is 0.442 e. The minimum absolute atomic E-state index is 0.263. The molecule has 0 atom stereocenters. The fourth-order valence-corrected chi connectivity index (χ4v) is 1.43. The Bertz CT molecular complexity index is 424. The van der Waals surface area contributed by atoms with Gasteiger partial charge in [-0.3, -0.25) is 0 Å². The Hall–Kier alpha value is -1.49. The van der Waals surface area contributed by atoms with Gasteiger partial charge in [0.1, 0.15) is 11.4 Å². The van der Waals surface area contributed by atoms with Crippen LogP contribution in [0.15, 0.2) is 18.2 Å². The molecule has 0 heterocycles. The second-order valence-electron chi connectivity index (χ2n) is 4.16. The minimum atomic E-state index is -0.859. The van der Waals surface area contributed by atoms with E-state index in [-0.39, 0.29) is 6.54 Å². The van der Waals surface area contributed by atoms with Crippen molar-refractivity contribution in [2.75, 3.05) is 11.9 Å². The van der Waals surface area contributed by atoms with Crippen LogP contribution in [0.2, 0.25) is 5.02 Å². The van der Waals surface area contributed by atoms with Crippen LogP contribution in [-0.2, 0) is 4.74 Å². The Labute approximate surface area is 104 Å². The van der Waals surface area contributed by atoms with Gasteiger partial charge in [-0.15, -0.1) is 0 Å². The highest BCUT2D eigenvalue weighted by Gasteiger charge is 2.21. The molecule has 1 amide bonds. The highest BCUT2D eigenvalue weighted by Crippen LogP contribution is 2.23. The molecule has 17 heavy (non-hydrogen) atoms. The van der Waals surface area contributed by atoms with E-state index in [0.717, 1.165) is 0 Å². The smallest absolute Gasteiger partial charge is 0.405 e. The molecule has 6 heteroatoms. The molecule has 0 aliphatic rings. The van der Waals surface area contributed by atoms with Gasteiger partial charge in [0.2, 0.25) is 0 Å². The number of carbonyl (C=O) groups is 1. The Balaban J connectivity index is 2.66. The van der Waals surface area contributed by atoms with Crippen LogP contribution in [0, 0.1) is 5.82 Å². The molecule has 0 aliphatic carbocycles. The van der Waals surface area contributed by atoms with Crippen molar-refractivity contribution < 1.29 is 13.9 Å². The van der Waals surface area contributed by atoms with Gasteiger partial charge in [0.25, 0.3) is 0 Å². The lowest BCUT2D eigenvalue weighted by atomic mass is 10.1. The van der Waals surface area contributed by atoms with Gasteiger partial charge in [-0.25, -0.2) is 9.18 Å². The van der Waals surface area contributed by atoms with Crippen LogP contribution in [0.5, 0.6) is 0 Å². The van der Waals surface area contributed by atoms with Gasteiger partial charge in [0.05, 0.1) is 17.3 Å². The van der Waals surface area contributed by atoms with Crippen molar-refractivity contribution in [2.45, 2.75) is 19.4 Å². The number of halogens is 2. The van der Waals surface area contributed by atoms with Crippen molar-refractivity contribution in [1.29, 1.82) is 0 Å². The van der Waals surface area contributed by atoms with Crippen molar-refractivity contribution in [1.82, 2.24) is 0 Å². The second kappa shape index (κ2) is 5.23.